The molecular formula is C14H13Cl. The van der Waals surface area contributed by atoms with Crippen molar-refractivity contribution in [3.8, 4) is 0 Å². The molecule has 1 aromatic carbocycles. The van der Waals surface area contributed by atoms with Crippen LogP contribution in [-0.4, -0.2) is 4.87 Å². The lowest BCUT2D eigenvalue weighted by Crippen LogP contribution is -2.14. The van der Waals surface area contributed by atoms with Crippen LogP contribution in [0.2, 0.25) is 0 Å². The molecule has 0 amide bonds. The molecule has 0 nitrogen and oxygen atoms in total. The first-order chi connectivity index (χ1) is 7.29. The van der Waals surface area contributed by atoms with Gasteiger partial charge in [-0.3, -0.25) is 0 Å². The molecule has 1 unspecified atom stereocenters. The molecule has 1 aliphatic carbocycles. The van der Waals surface area contributed by atoms with Crippen molar-refractivity contribution in [1.82, 2.24) is 0 Å². The molecule has 0 N–H and O–H groups in total. The number of alkyl halides is 1. The molecule has 15 heavy (non-hydrogen) atoms. The van der Waals surface area contributed by atoms with Gasteiger partial charge in [0.2, 0.25) is 0 Å². The summed E-state index contributed by atoms with van der Waals surface area (Å²) in [5.41, 5.74) is 1.18. The fraction of sp³-hybridized carbons (Fsp3) is 0.143. The van der Waals surface area contributed by atoms with E-state index in [1.165, 1.54) is 5.56 Å². The molecule has 1 aliphatic rings. The van der Waals surface area contributed by atoms with Crippen LogP contribution >= 0.6 is 11.6 Å². The highest BCUT2D eigenvalue weighted by Crippen LogP contribution is 2.27. The molecule has 76 valence electrons. The van der Waals surface area contributed by atoms with Crippen LogP contribution in [0.5, 0.6) is 0 Å². The SMILES string of the molecule is ClC1(C=Cc2ccccc2)C=CC=CC1. The van der Waals surface area contributed by atoms with Gasteiger partial charge < -0.3 is 0 Å². The Labute approximate surface area is 95.6 Å². The molecule has 0 aromatic heterocycles. The zero-order valence-electron chi connectivity index (χ0n) is 8.44. The van der Waals surface area contributed by atoms with E-state index in [9.17, 15) is 0 Å². The minimum Gasteiger partial charge on any atom is -0.110 e. The topological polar surface area (TPSA) is 0 Å². The predicted molar refractivity (Wildman–Crippen MR) is 67.0 cm³/mol. The molecule has 0 saturated heterocycles. The van der Waals surface area contributed by atoms with E-state index in [1.807, 2.05) is 42.5 Å². The fourth-order valence-corrected chi connectivity index (χ4v) is 1.76. The van der Waals surface area contributed by atoms with Crippen LogP contribution in [0.1, 0.15) is 12.0 Å². The number of hydrogen-bond acceptors (Lipinski definition) is 0. The Morgan fingerprint density at radius 2 is 1.93 bits per heavy atom. The van der Waals surface area contributed by atoms with Crippen molar-refractivity contribution in [2.75, 3.05) is 0 Å². The Balaban J connectivity index is 2.12. The summed E-state index contributed by atoms with van der Waals surface area (Å²) in [6.07, 6.45) is 13.1. The van der Waals surface area contributed by atoms with Gasteiger partial charge in [-0.15, -0.1) is 11.6 Å². The predicted octanol–water partition coefficient (Wildman–Crippen LogP) is 4.19. The fourth-order valence-electron chi connectivity index (χ4n) is 1.53. The van der Waals surface area contributed by atoms with Gasteiger partial charge in [0.05, 0.1) is 4.87 Å². The Kier molecular flexibility index (Phi) is 3.08. The van der Waals surface area contributed by atoms with Crippen LogP contribution in [0.4, 0.5) is 0 Å². The molecule has 2 rings (SSSR count). The second kappa shape index (κ2) is 4.50. The Morgan fingerprint density at radius 3 is 2.60 bits per heavy atom. The average Bonchev–Trinajstić information content (AvgIpc) is 2.29. The number of halogens is 1. The van der Waals surface area contributed by atoms with Crippen molar-refractivity contribution in [2.45, 2.75) is 11.3 Å². The summed E-state index contributed by atoms with van der Waals surface area (Å²) in [7, 11) is 0. The van der Waals surface area contributed by atoms with Gasteiger partial charge >= 0.3 is 0 Å². The van der Waals surface area contributed by atoms with Crippen LogP contribution in [0.25, 0.3) is 6.08 Å². The van der Waals surface area contributed by atoms with Crippen LogP contribution in [0.15, 0.2) is 60.7 Å². The molecule has 0 saturated carbocycles. The molecule has 0 fully saturated rings. The maximum Gasteiger partial charge on any atom is 0.0846 e. The van der Waals surface area contributed by atoms with Crippen molar-refractivity contribution < 1.29 is 0 Å². The molecular weight excluding hydrogens is 204 g/mol. The lowest BCUT2D eigenvalue weighted by atomic mass is 9.98. The summed E-state index contributed by atoms with van der Waals surface area (Å²) in [4.78, 5) is -0.343. The van der Waals surface area contributed by atoms with Crippen LogP contribution in [0.3, 0.4) is 0 Å². The molecule has 1 aromatic rings. The Morgan fingerprint density at radius 1 is 1.13 bits per heavy atom. The maximum absolute atomic E-state index is 6.40. The van der Waals surface area contributed by atoms with Crippen molar-refractivity contribution >= 4 is 17.7 Å². The quantitative estimate of drug-likeness (QED) is 0.651. The minimum absolute atomic E-state index is 0.343. The van der Waals surface area contributed by atoms with Crippen molar-refractivity contribution in [1.29, 1.82) is 0 Å². The number of hydrogen-bond donors (Lipinski definition) is 0. The first-order valence-corrected chi connectivity index (χ1v) is 5.44. The Bertz CT molecular complexity index is 401. The van der Waals surface area contributed by atoms with E-state index < -0.39 is 0 Å². The van der Waals surface area contributed by atoms with Crippen molar-refractivity contribution in [2.24, 2.45) is 0 Å². The summed E-state index contributed by atoms with van der Waals surface area (Å²) < 4.78 is 0. The lowest BCUT2D eigenvalue weighted by Gasteiger charge is -2.18. The summed E-state index contributed by atoms with van der Waals surface area (Å²) >= 11 is 6.40. The second-order valence-electron chi connectivity index (χ2n) is 3.66. The molecule has 0 bridgehead atoms. The van der Waals surface area contributed by atoms with Gasteiger partial charge in [0.1, 0.15) is 0 Å². The zero-order valence-corrected chi connectivity index (χ0v) is 9.19. The summed E-state index contributed by atoms with van der Waals surface area (Å²) in [5, 5.41) is 0. The summed E-state index contributed by atoms with van der Waals surface area (Å²) in [6, 6.07) is 10.2. The standard InChI is InChI=1S/C14H13Cl/c15-14(10-5-2-6-11-14)12-9-13-7-3-1-4-8-13/h1-10,12H,11H2. The molecule has 0 heterocycles. The number of rotatable bonds is 2. The third-order valence-electron chi connectivity index (χ3n) is 2.40. The van der Waals surface area contributed by atoms with Crippen LogP contribution in [0, 0.1) is 0 Å². The third kappa shape index (κ3) is 2.84. The van der Waals surface area contributed by atoms with E-state index in [0.717, 1.165) is 6.42 Å². The first-order valence-electron chi connectivity index (χ1n) is 5.06. The molecule has 1 heteroatoms. The largest absolute Gasteiger partial charge is 0.110 e. The molecule has 0 aliphatic heterocycles. The average molecular weight is 217 g/mol. The Hall–Kier alpha value is -1.27. The van der Waals surface area contributed by atoms with E-state index in [0.29, 0.717) is 0 Å². The monoisotopic (exact) mass is 216 g/mol. The van der Waals surface area contributed by atoms with Gasteiger partial charge in [-0.25, -0.2) is 0 Å². The summed E-state index contributed by atoms with van der Waals surface area (Å²) in [6.45, 7) is 0. The highest BCUT2D eigenvalue weighted by atomic mass is 35.5. The van der Waals surface area contributed by atoms with Gasteiger partial charge in [0, 0.05) is 0 Å². The van der Waals surface area contributed by atoms with E-state index in [1.54, 1.807) is 0 Å². The van der Waals surface area contributed by atoms with Gasteiger partial charge in [0.25, 0.3) is 0 Å². The van der Waals surface area contributed by atoms with Crippen LogP contribution in [-0.2, 0) is 0 Å². The van der Waals surface area contributed by atoms with Gasteiger partial charge in [-0.1, -0.05) is 66.8 Å². The van der Waals surface area contributed by atoms with Gasteiger partial charge in [-0.05, 0) is 12.0 Å². The van der Waals surface area contributed by atoms with Crippen molar-refractivity contribution in [3.05, 3.63) is 66.3 Å². The first kappa shape index (κ1) is 10.3. The van der Waals surface area contributed by atoms with Crippen LogP contribution < -0.4 is 0 Å². The number of benzene rings is 1. The number of allylic oxidation sites excluding steroid dienone is 5. The molecule has 0 radical (unpaired) electrons. The summed E-state index contributed by atoms with van der Waals surface area (Å²) in [5.74, 6) is 0. The second-order valence-corrected chi connectivity index (χ2v) is 4.37. The van der Waals surface area contributed by atoms with E-state index >= 15 is 0 Å². The zero-order chi connectivity index (χ0) is 10.6. The normalized spacial score (nSPS) is 24.9. The third-order valence-corrected chi connectivity index (χ3v) is 2.81. The van der Waals surface area contributed by atoms with E-state index in [2.05, 4.69) is 24.3 Å². The highest BCUT2D eigenvalue weighted by molar-refractivity contribution is 6.27. The smallest absolute Gasteiger partial charge is 0.0846 e. The maximum atomic E-state index is 6.40. The lowest BCUT2D eigenvalue weighted by molar-refractivity contribution is 0.871. The molecule has 0 spiro atoms. The van der Waals surface area contributed by atoms with E-state index in [4.69, 9.17) is 11.6 Å². The highest BCUT2D eigenvalue weighted by Gasteiger charge is 2.19. The molecule has 1 atom stereocenters. The minimum atomic E-state index is -0.343. The van der Waals surface area contributed by atoms with Gasteiger partial charge in [-0.2, -0.15) is 0 Å². The van der Waals surface area contributed by atoms with E-state index in [-0.39, 0.29) is 4.87 Å². The van der Waals surface area contributed by atoms with Gasteiger partial charge in [0.15, 0.2) is 0 Å². The van der Waals surface area contributed by atoms with Crippen molar-refractivity contribution in [3.63, 3.8) is 0 Å².